The Bertz CT molecular complexity index is 377. The maximum Gasteiger partial charge on any atom is 0.0629 e. The minimum absolute atomic E-state index is 0.450. The normalized spacial score (nSPS) is 42.9. The van der Waals surface area contributed by atoms with Crippen LogP contribution in [0.5, 0.6) is 0 Å². The molecule has 1 N–H and O–H groups in total. The number of nitrogens with one attached hydrogen (secondary N) is 1. The summed E-state index contributed by atoms with van der Waals surface area (Å²) >= 11 is 6.32. The SMILES string of the molecule is ClC1CCC(CN2C(CN3CCCC3)CC3CCCNC32)CC1. The van der Waals surface area contributed by atoms with Gasteiger partial charge in [-0.2, -0.15) is 0 Å². The van der Waals surface area contributed by atoms with Crippen molar-refractivity contribution in [2.45, 2.75) is 75.4 Å². The van der Waals surface area contributed by atoms with Gasteiger partial charge in [-0.3, -0.25) is 4.90 Å². The third-order valence-corrected chi connectivity index (χ3v) is 7.30. The summed E-state index contributed by atoms with van der Waals surface area (Å²) in [5, 5.41) is 4.32. The number of hydrogen-bond acceptors (Lipinski definition) is 3. The van der Waals surface area contributed by atoms with E-state index >= 15 is 0 Å². The lowest BCUT2D eigenvalue weighted by Gasteiger charge is -2.39. The van der Waals surface area contributed by atoms with E-state index < -0.39 is 0 Å². The Morgan fingerprint density at radius 3 is 2.48 bits per heavy atom. The van der Waals surface area contributed by atoms with Crippen LogP contribution in [0.1, 0.15) is 57.8 Å². The molecule has 3 saturated heterocycles. The first kappa shape index (κ1) is 16.6. The fourth-order valence-electron chi connectivity index (χ4n) is 5.59. The number of likely N-dealkylation sites (tertiary alicyclic amines) is 2. The molecule has 4 fully saturated rings. The van der Waals surface area contributed by atoms with Gasteiger partial charge in [0.05, 0.1) is 6.17 Å². The van der Waals surface area contributed by atoms with Crippen molar-refractivity contribution >= 4 is 11.6 Å². The van der Waals surface area contributed by atoms with E-state index in [0.717, 1.165) is 17.9 Å². The number of rotatable bonds is 4. The van der Waals surface area contributed by atoms with Crippen LogP contribution in [0.2, 0.25) is 0 Å². The number of nitrogens with zero attached hydrogens (tertiary/aromatic N) is 2. The highest BCUT2D eigenvalue weighted by Crippen LogP contribution is 2.37. The summed E-state index contributed by atoms with van der Waals surface area (Å²) in [6.45, 7) is 6.53. The number of piperidine rings is 1. The molecular weight excluding hydrogens is 306 g/mol. The third kappa shape index (κ3) is 3.89. The third-order valence-electron chi connectivity index (χ3n) is 6.87. The van der Waals surface area contributed by atoms with E-state index in [2.05, 4.69) is 15.1 Å². The molecule has 0 amide bonds. The van der Waals surface area contributed by atoms with Crippen molar-refractivity contribution in [1.82, 2.24) is 15.1 Å². The van der Waals surface area contributed by atoms with Gasteiger partial charge in [0.1, 0.15) is 0 Å². The van der Waals surface area contributed by atoms with Crippen LogP contribution in [-0.4, -0.2) is 60.1 Å². The van der Waals surface area contributed by atoms with Gasteiger partial charge in [0, 0.05) is 24.5 Å². The molecule has 1 aliphatic carbocycles. The summed E-state index contributed by atoms with van der Waals surface area (Å²) < 4.78 is 0. The second-order valence-electron chi connectivity index (χ2n) is 8.51. The number of hydrogen-bond donors (Lipinski definition) is 1. The molecule has 3 heterocycles. The second-order valence-corrected chi connectivity index (χ2v) is 9.13. The fraction of sp³-hybridized carbons (Fsp3) is 1.00. The summed E-state index contributed by atoms with van der Waals surface area (Å²) in [7, 11) is 0. The van der Waals surface area contributed by atoms with Crippen molar-refractivity contribution < 1.29 is 0 Å². The Balaban J connectivity index is 1.40. The molecule has 0 spiro atoms. The van der Waals surface area contributed by atoms with E-state index in [1.54, 1.807) is 0 Å². The molecule has 0 bridgehead atoms. The standard InChI is InChI=1S/C19H34ClN3/c20-17-7-5-15(6-8-17)13-23-18(14-22-10-1-2-11-22)12-16-4-3-9-21-19(16)23/h15-19,21H,1-14H2. The lowest BCUT2D eigenvalue weighted by molar-refractivity contribution is 0.0881. The molecule has 1 saturated carbocycles. The van der Waals surface area contributed by atoms with Crippen LogP contribution < -0.4 is 5.32 Å². The van der Waals surface area contributed by atoms with Crippen LogP contribution in [0.4, 0.5) is 0 Å². The maximum absolute atomic E-state index is 6.32. The van der Waals surface area contributed by atoms with E-state index in [4.69, 9.17) is 11.6 Å². The van der Waals surface area contributed by atoms with E-state index in [0.29, 0.717) is 11.5 Å². The predicted molar refractivity (Wildman–Crippen MR) is 96.9 cm³/mol. The number of alkyl halides is 1. The molecule has 3 atom stereocenters. The quantitative estimate of drug-likeness (QED) is 0.793. The van der Waals surface area contributed by atoms with E-state index in [-0.39, 0.29) is 0 Å². The van der Waals surface area contributed by atoms with Gasteiger partial charge in [-0.1, -0.05) is 0 Å². The van der Waals surface area contributed by atoms with Gasteiger partial charge < -0.3 is 10.2 Å². The molecule has 23 heavy (non-hydrogen) atoms. The van der Waals surface area contributed by atoms with Crippen LogP contribution in [-0.2, 0) is 0 Å². The minimum Gasteiger partial charge on any atom is -0.302 e. The number of fused-ring (bicyclic) bond motifs is 1. The zero-order chi connectivity index (χ0) is 15.6. The highest BCUT2D eigenvalue weighted by Gasteiger charge is 2.43. The fourth-order valence-corrected chi connectivity index (χ4v) is 5.85. The summed E-state index contributed by atoms with van der Waals surface area (Å²) in [4.78, 5) is 5.62. The smallest absolute Gasteiger partial charge is 0.0629 e. The van der Waals surface area contributed by atoms with Gasteiger partial charge in [0.2, 0.25) is 0 Å². The zero-order valence-corrected chi connectivity index (χ0v) is 15.3. The minimum atomic E-state index is 0.450. The highest BCUT2D eigenvalue weighted by molar-refractivity contribution is 6.20. The lowest BCUT2D eigenvalue weighted by atomic mass is 9.88. The molecule has 3 nitrogen and oxygen atoms in total. The van der Waals surface area contributed by atoms with Crippen LogP contribution in [0.25, 0.3) is 0 Å². The Labute approximate surface area is 147 Å². The van der Waals surface area contributed by atoms with E-state index in [1.807, 2.05) is 0 Å². The second kappa shape index (κ2) is 7.59. The van der Waals surface area contributed by atoms with Crippen molar-refractivity contribution in [3.63, 3.8) is 0 Å². The van der Waals surface area contributed by atoms with Gasteiger partial charge in [-0.05, 0) is 89.3 Å². The van der Waals surface area contributed by atoms with Crippen LogP contribution in [0.3, 0.4) is 0 Å². The van der Waals surface area contributed by atoms with Crippen LogP contribution in [0.15, 0.2) is 0 Å². The van der Waals surface area contributed by atoms with E-state index in [9.17, 15) is 0 Å². The van der Waals surface area contributed by atoms with Crippen molar-refractivity contribution in [3.05, 3.63) is 0 Å². The maximum atomic E-state index is 6.32. The molecule has 4 aliphatic rings. The molecule has 4 rings (SSSR count). The summed E-state index contributed by atoms with van der Waals surface area (Å²) in [5.74, 6) is 1.79. The Morgan fingerprint density at radius 1 is 0.913 bits per heavy atom. The molecular formula is C19H34ClN3. The van der Waals surface area contributed by atoms with Crippen molar-refractivity contribution in [2.24, 2.45) is 11.8 Å². The first-order chi connectivity index (χ1) is 11.3. The molecule has 132 valence electrons. The first-order valence-electron chi connectivity index (χ1n) is 10.1. The predicted octanol–water partition coefficient (Wildman–Crippen LogP) is 3.28. The zero-order valence-electron chi connectivity index (χ0n) is 14.6. The van der Waals surface area contributed by atoms with Gasteiger partial charge in [-0.15, -0.1) is 11.6 Å². The largest absolute Gasteiger partial charge is 0.302 e. The van der Waals surface area contributed by atoms with Crippen LogP contribution >= 0.6 is 11.6 Å². The molecule has 0 aromatic rings. The monoisotopic (exact) mass is 339 g/mol. The van der Waals surface area contributed by atoms with Gasteiger partial charge >= 0.3 is 0 Å². The van der Waals surface area contributed by atoms with E-state index in [1.165, 1.54) is 90.5 Å². The van der Waals surface area contributed by atoms with Gasteiger partial charge in [-0.25, -0.2) is 0 Å². The molecule has 4 heteroatoms. The Kier molecular flexibility index (Phi) is 5.49. The summed E-state index contributed by atoms with van der Waals surface area (Å²) in [6, 6.07) is 0.794. The molecule has 0 radical (unpaired) electrons. The number of halogens is 1. The lowest BCUT2D eigenvalue weighted by Crippen LogP contribution is -2.53. The molecule has 0 aromatic carbocycles. The Morgan fingerprint density at radius 2 is 1.70 bits per heavy atom. The first-order valence-corrected chi connectivity index (χ1v) is 10.6. The highest BCUT2D eigenvalue weighted by atomic mass is 35.5. The molecule has 3 aliphatic heterocycles. The average Bonchev–Trinajstić information content (AvgIpc) is 3.19. The molecule has 0 aromatic heterocycles. The van der Waals surface area contributed by atoms with Crippen molar-refractivity contribution in [3.8, 4) is 0 Å². The van der Waals surface area contributed by atoms with Crippen molar-refractivity contribution in [1.29, 1.82) is 0 Å². The average molecular weight is 340 g/mol. The van der Waals surface area contributed by atoms with Gasteiger partial charge in [0.25, 0.3) is 0 Å². The summed E-state index contributed by atoms with van der Waals surface area (Å²) in [6.07, 6.45) is 12.9. The topological polar surface area (TPSA) is 18.5 Å². The Hall–Kier alpha value is 0.170. The summed E-state index contributed by atoms with van der Waals surface area (Å²) in [5.41, 5.74) is 0. The van der Waals surface area contributed by atoms with Crippen LogP contribution in [0, 0.1) is 11.8 Å². The van der Waals surface area contributed by atoms with Gasteiger partial charge in [0.15, 0.2) is 0 Å². The van der Waals surface area contributed by atoms with Crippen molar-refractivity contribution in [2.75, 3.05) is 32.7 Å². The molecule has 3 unspecified atom stereocenters.